The van der Waals surface area contributed by atoms with Crippen molar-refractivity contribution in [3.8, 4) is 11.5 Å². The zero-order valence-electron chi connectivity index (χ0n) is 22.7. The predicted octanol–water partition coefficient (Wildman–Crippen LogP) is 6.78. The number of rotatable bonds is 6. The van der Waals surface area contributed by atoms with Crippen LogP contribution in [0.5, 0.6) is 11.5 Å². The molecule has 6 nitrogen and oxygen atoms in total. The summed E-state index contributed by atoms with van der Waals surface area (Å²) < 4.78 is 56.6. The van der Waals surface area contributed by atoms with E-state index in [0.717, 1.165) is 43.4 Å². The lowest BCUT2D eigenvalue weighted by Crippen LogP contribution is -2.39. The standard InChI is InChI=1S/C31H32F3NO5/c1-17-27(30(37)40-22-6-4-5-7-22)28(18-8-11-21(12-9-18)31(32,33)34)29-23(35-17)14-20(15-24(29)36)19-10-13-25(38-2)26(16-19)39-3/h8-13,16,20,22,27-28H,4-7,14-15H2,1-3H3/t20-,27?,28-/m1/s1. The van der Waals surface area contributed by atoms with E-state index in [2.05, 4.69) is 0 Å². The molecular weight excluding hydrogens is 523 g/mol. The second-order valence-corrected chi connectivity index (χ2v) is 10.7. The molecular formula is C31H32F3NO5. The van der Waals surface area contributed by atoms with Gasteiger partial charge < -0.3 is 14.2 Å². The van der Waals surface area contributed by atoms with Crippen molar-refractivity contribution in [2.24, 2.45) is 10.9 Å². The fraction of sp³-hybridized carbons (Fsp3) is 0.452. The number of carbonyl (C=O) groups excluding carboxylic acids is 2. The highest BCUT2D eigenvalue weighted by Gasteiger charge is 2.45. The number of alkyl halides is 3. The molecule has 0 bridgehead atoms. The molecule has 0 saturated heterocycles. The Bertz CT molecular complexity index is 1360. The van der Waals surface area contributed by atoms with Gasteiger partial charge in [-0.2, -0.15) is 13.2 Å². The third-order valence-electron chi connectivity index (χ3n) is 8.20. The van der Waals surface area contributed by atoms with Gasteiger partial charge >= 0.3 is 12.1 Å². The van der Waals surface area contributed by atoms with Crippen LogP contribution < -0.4 is 9.47 Å². The number of halogens is 3. The molecule has 0 spiro atoms. The van der Waals surface area contributed by atoms with Crippen molar-refractivity contribution in [3.05, 3.63) is 70.4 Å². The number of ketones is 1. The number of carbonyl (C=O) groups is 2. The first-order valence-electron chi connectivity index (χ1n) is 13.5. The molecule has 2 aliphatic carbocycles. The molecule has 0 aromatic heterocycles. The first-order chi connectivity index (χ1) is 19.1. The van der Waals surface area contributed by atoms with Crippen LogP contribution in [0.2, 0.25) is 0 Å². The minimum absolute atomic E-state index is 0.171. The minimum atomic E-state index is -4.50. The maximum absolute atomic E-state index is 13.8. The van der Waals surface area contributed by atoms with Crippen LogP contribution in [-0.4, -0.2) is 37.8 Å². The molecule has 2 aromatic carbocycles. The maximum Gasteiger partial charge on any atom is 0.416 e. The number of methoxy groups -OCH3 is 2. The predicted molar refractivity (Wildman–Crippen MR) is 143 cm³/mol. The average Bonchev–Trinajstić information content (AvgIpc) is 3.44. The van der Waals surface area contributed by atoms with Gasteiger partial charge in [0.25, 0.3) is 0 Å². The number of benzene rings is 2. The van der Waals surface area contributed by atoms with Crippen LogP contribution in [0.3, 0.4) is 0 Å². The van der Waals surface area contributed by atoms with Crippen molar-refractivity contribution in [1.82, 2.24) is 0 Å². The molecule has 40 heavy (non-hydrogen) atoms. The van der Waals surface area contributed by atoms with Crippen LogP contribution in [0, 0.1) is 5.92 Å². The Morgan fingerprint density at radius 3 is 2.20 bits per heavy atom. The molecule has 1 aliphatic heterocycles. The summed E-state index contributed by atoms with van der Waals surface area (Å²) in [5.41, 5.74) is 1.99. The van der Waals surface area contributed by atoms with E-state index in [1.165, 1.54) is 12.1 Å². The second kappa shape index (κ2) is 11.1. The molecule has 1 saturated carbocycles. The Labute approximate surface area is 231 Å². The summed E-state index contributed by atoms with van der Waals surface area (Å²) in [5, 5.41) is 0. The van der Waals surface area contributed by atoms with Gasteiger partial charge in [-0.3, -0.25) is 14.6 Å². The van der Waals surface area contributed by atoms with Crippen LogP contribution in [0.4, 0.5) is 13.2 Å². The Morgan fingerprint density at radius 2 is 1.57 bits per heavy atom. The number of nitrogens with zero attached hydrogens (tertiary/aromatic N) is 1. The number of esters is 1. The summed E-state index contributed by atoms with van der Waals surface area (Å²) in [4.78, 5) is 32.1. The van der Waals surface area contributed by atoms with E-state index in [9.17, 15) is 22.8 Å². The van der Waals surface area contributed by atoms with E-state index in [-0.39, 0.29) is 24.2 Å². The molecule has 0 radical (unpaired) electrons. The molecule has 3 atom stereocenters. The third kappa shape index (κ3) is 5.38. The summed E-state index contributed by atoms with van der Waals surface area (Å²) in [6.07, 6.45) is -0.577. The van der Waals surface area contributed by atoms with Gasteiger partial charge in [0.05, 0.1) is 19.8 Å². The second-order valence-electron chi connectivity index (χ2n) is 10.7. The zero-order chi connectivity index (χ0) is 28.6. The van der Waals surface area contributed by atoms with Gasteiger partial charge in [-0.05, 0) is 80.3 Å². The maximum atomic E-state index is 13.8. The van der Waals surface area contributed by atoms with Crippen molar-refractivity contribution >= 4 is 17.5 Å². The molecule has 5 rings (SSSR count). The SMILES string of the molecule is COc1ccc([C@H]2CC(=O)C3=C(C2)N=C(C)C(C(=O)OC2CCCC2)[C@H]3c2ccc(C(F)(F)F)cc2)cc1OC. The summed E-state index contributed by atoms with van der Waals surface area (Å²) in [7, 11) is 3.09. The van der Waals surface area contributed by atoms with E-state index in [0.29, 0.717) is 40.5 Å². The highest BCUT2D eigenvalue weighted by atomic mass is 19.4. The molecule has 9 heteroatoms. The lowest BCUT2D eigenvalue weighted by Gasteiger charge is -2.37. The number of allylic oxidation sites excluding steroid dienone is 2. The van der Waals surface area contributed by atoms with Crippen LogP contribution in [0.1, 0.15) is 74.0 Å². The van der Waals surface area contributed by atoms with Crippen LogP contribution in [0.25, 0.3) is 0 Å². The Balaban J connectivity index is 1.54. The van der Waals surface area contributed by atoms with Crippen molar-refractivity contribution in [2.45, 2.75) is 69.6 Å². The topological polar surface area (TPSA) is 74.2 Å². The highest BCUT2D eigenvalue weighted by molar-refractivity contribution is 6.09. The molecule has 2 aromatic rings. The molecule has 1 unspecified atom stereocenters. The normalized spacial score (nSPS) is 23.5. The molecule has 0 amide bonds. The van der Waals surface area contributed by atoms with E-state index in [1.807, 2.05) is 12.1 Å². The summed E-state index contributed by atoms with van der Waals surface area (Å²) in [6, 6.07) is 10.2. The van der Waals surface area contributed by atoms with Crippen molar-refractivity contribution in [3.63, 3.8) is 0 Å². The minimum Gasteiger partial charge on any atom is -0.493 e. The van der Waals surface area contributed by atoms with Gasteiger partial charge in [-0.15, -0.1) is 0 Å². The number of Topliss-reactive ketones (excluding diaryl/α,β-unsaturated/α-hetero) is 1. The zero-order valence-corrected chi connectivity index (χ0v) is 22.7. The lowest BCUT2D eigenvalue weighted by molar-refractivity contribution is -0.151. The highest BCUT2D eigenvalue weighted by Crippen LogP contribution is 2.48. The quantitative estimate of drug-likeness (QED) is 0.367. The van der Waals surface area contributed by atoms with E-state index in [1.54, 1.807) is 27.2 Å². The van der Waals surface area contributed by atoms with Gasteiger partial charge in [0.1, 0.15) is 12.0 Å². The third-order valence-corrected chi connectivity index (χ3v) is 8.20. The molecule has 1 fully saturated rings. The molecule has 3 aliphatic rings. The molecule has 212 valence electrons. The van der Waals surface area contributed by atoms with E-state index >= 15 is 0 Å². The average molecular weight is 556 g/mol. The van der Waals surface area contributed by atoms with Crippen molar-refractivity contribution < 1.29 is 37.0 Å². The Morgan fingerprint density at radius 1 is 0.925 bits per heavy atom. The van der Waals surface area contributed by atoms with Crippen LogP contribution in [0.15, 0.2) is 58.7 Å². The monoisotopic (exact) mass is 555 g/mol. The van der Waals surface area contributed by atoms with Gasteiger partial charge in [0, 0.05) is 29.3 Å². The lowest BCUT2D eigenvalue weighted by atomic mass is 9.69. The first kappa shape index (κ1) is 27.9. The summed E-state index contributed by atoms with van der Waals surface area (Å²) in [5.74, 6) is -1.39. The van der Waals surface area contributed by atoms with E-state index in [4.69, 9.17) is 19.2 Å². The first-order valence-corrected chi connectivity index (χ1v) is 13.5. The number of aliphatic imine (C=N–C) groups is 1. The smallest absolute Gasteiger partial charge is 0.416 e. The Hall–Kier alpha value is -3.62. The number of ether oxygens (including phenoxy) is 3. The largest absolute Gasteiger partial charge is 0.493 e. The Kier molecular flexibility index (Phi) is 7.75. The number of hydrogen-bond acceptors (Lipinski definition) is 6. The van der Waals surface area contributed by atoms with Gasteiger partial charge in [0.15, 0.2) is 17.3 Å². The van der Waals surface area contributed by atoms with Crippen molar-refractivity contribution in [2.75, 3.05) is 14.2 Å². The molecule has 0 N–H and O–H groups in total. The van der Waals surface area contributed by atoms with Crippen molar-refractivity contribution in [1.29, 1.82) is 0 Å². The van der Waals surface area contributed by atoms with Gasteiger partial charge in [0.2, 0.25) is 0 Å². The van der Waals surface area contributed by atoms with Gasteiger partial charge in [-0.1, -0.05) is 18.2 Å². The van der Waals surface area contributed by atoms with Crippen LogP contribution in [-0.2, 0) is 20.5 Å². The number of hydrogen-bond donors (Lipinski definition) is 0. The molecule has 1 heterocycles. The fourth-order valence-corrected chi connectivity index (χ4v) is 6.19. The van der Waals surface area contributed by atoms with E-state index < -0.39 is 29.5 Å². The fourth-order valence-electron chi connectivity index (χ4n) is 6.19. The van der Waals surface area contributed by atoms with Crippen LogP contribution >= 0.6 is 0 Å². The van der Waals surface area contributed by atoms with Gasteiger partial charge in [-0.25, -0.2) is 0 Å². The summed E-state index contributed by atoms with van der Waals surface area (Å²) in [6.45, 7) is 1.73. The summed E-state index contributed by atoms with van der Waals surface area (Å²) >= 11 is 0.